The fourth-order valence-corrected chi connectivity index (χ4v) is 2.31. The minimum Gasteiger partial charge on any atom is -0.396 e. The van der Waals surface area contributed by atoms with Gasteiger partial charge in [0.05, 0.1) is 6.20 Å². The highest BCUT2D eigenvalue weighted by Crippen LogP contribution is 2.24. The summed E-state index contributed by atoms with van der Waals surface area (Å²) in [7, 11) is 1.67. The quantitative estimate of drug-likeness (QED) is 0.782. The number of aliphatic hydroxyl groups is 1. The Kier molecular flexibility index (Phi) is 3.73. The van der Waals surface area contributed by atoms with Gasteiger partial charge in [0, 0.05) is 25.6 Å². The van der Waals surface area contributed by atoms with E-state index in [1.54, 1.807) is 7.05 Å². The fraction of sp³-hybridized carbons (Fsp3) is 0.727. The standard InChI is InChI=1S/C11H18N4O2/c1-15-12-6-10(14-15)11(17)13-9-5-3-2-4-8(9)7-16/h6,8-9,16H,2-5,7H2,1H3,(H,13,17). The number of amides is 1. The molecular weight excluding hydrogens is 220 g/mol. The van der Waals surface area contributed by atoms with Crippen molar-refractivity contribution in [3.05, 3.63) is 11.9 Å². The van der Waals surface area contributed by atoms with Crippen LogP contribution < -0.4 is 5.32 Å². The van der Waals surface area contributed by atoms with Crippen molar-refractivity contribution in [3.8, 4) is 0 Å². The Labute approximate surface area is 100 Å². The molecule has 0 aromatic carbocycles. The van der Waals surface area contributed by atoms with Crippen LogP contribution in [0.3, 0.4) is 0 Å². The maximum absolute atomic E-state index is 11.9. The predicted molar refractivity (Wildman–Crippen MR) is 61.3 cm³/mol. The SMILES string of the molecule is Cn1ncc(C(=O)NC2CCCCC2CO)n1. The Morgan fingerprint density at radius 3 is 3.00 bits per heavy atom. The van der Waals surface area contributed by atoms with Crippen molar-refractivity contribution in [2.75, 3.05) is 6.61 Å². The van der Waals surface area contributed by atoms with Crippen molar-refractivity contribution in [1.82, 2.24) is 20.3 Å². The van der Waals surface area contributed by atoms with E-state index >= 15 is 0 Å². The van der Waals surface area contributed by atoms with E-state index in [1.165, 1.54) is 11.0 Å². The molecule has 1 amide bonds. The fourth-order valence-electron chi connectivity index (χ4n) is 2.31. The first-order valence-corrected chi connectivity index (χ1v) is 5.98. The molecule has 0 spiro atoms. The maximum atomic E-state index is 11.9. The van der Waals surface area contributed by atoms with E-state index in [9.17, 15) is 9.90 Å². The Hall–Kier alpha value is -1.43. The number of carbonyl (C=O) groups excluding carboxylic acids is 1. The molecule has 6 heteroatoms. The summed E-state index contributed by atoms with van der Waals surface area (Å²) in [5, 5.41) is 20.0. The van der Waals surface area contributed by atoms with Gasteiger partial charge < -0.3 is 10.4 Å². The van der Waals surface area contributed by atoms with Gasteiger partial charge in [-0.2, -0.15) is 9.90 Å². The first kappa shape index (κ1) is 12.0. The molecule has 1 saturated carbocycles. The normalized spacial score (nSPS) is 24.6. The smallest absolute Gasteiger partial charge is 0.273 e. The lowest BCUT2D eigenvalue weighted by atomic mass is 9.85. The number of hydrogen-bond acceptors (Lipinski definition) is 4. The largest absolute Gasteiger partial charge is 0.396 e. The van der Waals surface area contributed by atoms with E-state index < -0.39 is 0 Å². The van der Waals surface area contributed by atoms with Gasteiger partial charge in [-0.25, -0.2) is 0 Å². The van der Waals surface area contributed by atoms with E-state index in [1.807, 2.05) is 0 Å². The summed E-state index contributed by atoms with van der Waals surface area (Å²) in [6.07, 6.45) is 5.58. The van der Waals surface area contributed by atoms with E-state index in [2.05, 4.69) is 15.5 Å². The number of aliphatic hydroxyl groups excluding tert-OH is 1. The number of rotatable bonds is 3. The van der Waals surface area contributed by atoms with Crippen LogP contribution in [0.15, 0.2) is 6.20 Å². The van der Waals surface area contributed by atoms with Gasteiger partial charge in [-0.15, -0.1) is 5.10 Å². The van der Waals surface area contributed by atoms with Crippen LogP contribution in [0.5, 0.6) is 0 Å². The zero-order valence-electron chi connectivity index (χ0n) is 9.96. The van der Waals surface area contributed by atoms with E-state index in [0.717, 1.165) is 25.7 Å². The molecule has 2 atom stereocenters. The number of carbonyl (C=O) groups is 1. The Balaban J connectivity index is 1.97. The summed E-state index contributed by atoms with van der Waals surface area (Å²) in [5.41, 5.74) is 0.328. The number of hydrogen-bond donors (Lipinski definition) is 2. The highest BCUT2D eigenvalue weighted by molar-refractivity contribution is 5.92. The minimum absolute atomic E-state index is 0.0586. The first-order chi connectivity index (χ1) is 8.20. The van der Waals surface area contributed by atoms with Crippen LogP contribution in [0.2, 0.25) is 0 Å². The molecule has 0 saturated heterocycles. The second-order valence-electron chi connectivity index (χ2n) is 4.53. The number of nitrogens with zero attached hydrogens (tertiary/aromatic N) is 3. The van der Waals surface area contributed by atoms with E-state index in [-0.39, 0.29) is 24.5 Å². The van der Waals surface area contributed by atoms with Crippen molar-refractivity contribution in [2.45, 2.75) is 31.7 Å². The molecule has 1 aliphatic carbocycles. The topological polar surface area (TPSA) is 80.0 Å². The summed E-state index contributed by atoms with van der Waals surface area (Å²) >= 11 is 0. The summed E-state index contributed by atoms with van der Waals surface area (Å²) in [5.74, 6) is -0.0344. The van der Waals surface area contributed by atoms with Crippen molar-refractivity contribution < 1.29 is 9.90 Å². The zero-order valence-corrected chi connectivity index (χ0v) is 9.96. The van der Waals surface area contributed by atoms with Gasteiger partial charge in [0.1, 0.15) is 0 Å². The lowest BCUT2D eigenvalue weighted by molar-refractivity contribution is 0.0867. The molecule has 1 heterocycles. The highest BCUT2D eigenvalue weighted by Gasteiger charge is 2.26. The monoisotopic (exact) mass is 238 g/mol. The van der Waals surface area contributed by atoms with Crippen LogP contribution in [0.1, 0.15) is 36.2 Å². The Morgan fingerprint density at radius 2 is 2.35 bits per heavy atom. The average molecular weight is 238 g/mol. The molecule has 1 aromatic rings. The number of nitrogens with one attached hydrogen (secondary N) is 1. The molecule has 2 N–H and O–H groups in total. The van der Waals surface area contributed by atoms with E-state index in [4.69, 9.17) is 0 Å². The van der Waals surface area contributed by atoms with Gasteiger partial charge in [-0.1, -0.05) is 12.8 Å². The molecule has 1 aliphatic rings. The third kappa shape index (κ3) is 2.82. The second-order valence-corrected chi connectivity index (χ2v) is 4.53. The molecule has 1 aromatic heterocycles. The average Bonchev–Trinajstić information content (AvgIpc) is 2.77. The molecule has 6 nitrogen and oxygen atoms in total. The lowest BCUT2D eigenvalue weighted by Gasteiger charge is -2.30. The second kappa shape index (κ2) is 5.27. The molecule has 0 radical (unpaired) electrons. The van der Waals surface area contributed by atoms with Crippen LogP contribution in [-0.4, -0.2) is 38.7 Å². The Morgan fingerprint density at radius 1 is 1.59 bits per heavy atom. The van der Waals surface area contributed by atoms with Crippen LogP contribution in [0.25, 0.3) is 0 Å². The zero-order chi connectivity index (χ0) is 12.3. The van der Waals surface area contributed by atoms with E-state index in [0.29, 0.717) is 5.69 Å². The Bertz CT molecular complexity index is 391. The van der Waals surface area contributed by atoms with Gasteiger partial charge in [-0.3, -0.25) is 4.79 Å². The van der Waals surface area contributed by atoms with Crippen molar-refractivity contribution >= 4 is 5.91 Å². The third-order valence-electron chi connectivity index (χ3n) is 3.29. The number of aromatic nitrogens is 3. The van der Waals surface area contributed by atoms with Gasteiger partial charge in [0.2, 0.25) is 0 Å². The summed E-state index contributed by atoms with van der Waals surface area (Å²) in [6.45, 7) is 0.130. The summed E-state index contributed by atoms with van der Waals surface area (Å²) in [4.78, 5) is 13.2. The first-order valence-electron chi connectivity index (χ1n) is 5.98. The molecule has 17 heavy (non-hydrogen) atoms. The van der Waals surface area contributed by atoms with Gasteiger partial charge in [-0.05, 0) is 12.8 Å². The number of aryl methyl sites for hydroxylation is 1. The molecule has 2 rings (SSSR count). The molecule has 0 bridgehead atoms. The molecule has 94 valence electrons. The summed E-state index contributed by atoms with van der Waals surface area (Å²) in [6, 6.07) is 0.0586. The van der Waals surface area contributed by atoms with Crippen molar-refractivity contribution in [3.63, 3.8) is 0 Å². The van der Waals surface area contributed by atoms with Gasteiger partial charge in [0.25, 0.3) is 5.91 Å². The highest BCUT2D eigenvalue weighted by atomic mass is 16.3. The molecule has 0 aliphatic heterocycles. The molecular formula is C11H18N4O2. The maximum Gasteiger partial charge on any atom is 0.273 e. The van der Waals surface area contributed by atoms with Crippen LogP contribution in [-0.2, 0) is 7.05 Å². The van der Waals surface area contributed by atoms with Crippen molar-refractivity contribution in [2.24, 2.45) is 13.0 Å². The summed E-state index contributed by atoms with van der Waals surface area (Å²) < 4.78 is 0. The predicted octanol–water partition coefficient (Wildman–Crippen LogP) is 0.0960. The van der Waals surface area contributed by atoms with Crippen LogP contribution in [0, 0.1) is 5.92 Å². The van der Waals surface area contributed by atoms with Gasteiger partial charge in [0.15, 0.2) is 5.69 Å². The van der Waals surface area contributed by atoms with Crippen LogP contribution >= 0.6 is 0 Å². The molecule has 1 fully saturated rings. The van der Waals surface area contributed by atoms with Crippen LogP contribution in [0.4, 0.5) is 0 Å². The minimum atomic E-state index is -0.205. The third-order valence-corrected chi connectivity index (χ3v) is 3.29. The molecule has 2 unspecified atom stereocenters. The lowest BCUT2D eigenvalue weighted by Crippen LogP contribution is -2.43. The van der Waals surface area contributed by atoms with Gasteiger partial charge >= 0.3 is 0 Å². The van der Waals surface area contributed by atoms with Crippen molar-refractivity contribution in [1.29, 1.82) is 0 Å².